The number of allylic oxidation sites excluding steroid dienone is 4. The van der Waals surface area contributed by atoms with Crippen LogP contribution in [0.2, 0.25) is 0 Å². The Hall–Kier alpha value is -1.14. The summed E-state index contributed by atoms with van der Waals surface area (Å²) in [6, 6.07) is 1.88. The molecule has 0 aliphatic rings. The van der Waals surface area contributed by atoms with Crippen LogP contribution >= 0.6 is 15.9 Å². The smallest absolute Gasteiger partial charge is 0.0923 e. The molecule has 0 fully saturated rings. The molecule has 0 saturated heterocycles. The lowest BCUT2D eigenvalue weighted by Crippen LogP contribution is -1.63. The maximum Gasteiger partial charge on any atom is 0.0923 e. The molecule has 3 heteroatoms. The van der Waals surface area contributed by atoms with Crippen LogP contribution in [0.25, 0.3) is 0 Å². The molecule has 0 spiro atoms. The summed E-state index contributed by atoms with van der Waals surface area (Å²) in [5.74, 6) is 0. The van der Waals surface area contributed by atoms with Crippen LogP contribution in [-0.4, -0.2) is 6.21 Å². The molecule has 0 aromatic heterocycles. The summed E-state index contributed by atoms with van der Waals surface area (Å²) in [6.45, 7) is 3.40. The van der Waals surface area contributed by atoms with E-state index in [-0.39, 0.29) is 0 Å². The van der Waals surface area contributed by atoms with Gasteiger partial charge >= 0.3 is 0 Å². The van der Waals surface area contributed by atoms with Crippen molar-refractivity contribution >= 4 is 22.1 Å². The van der Waals surface area contributed by atoms with Crippen LogP contribution in [0.3, 0.4) is 0 Å². The van der Waals surface area contributed by atoms with Gasteiger partial charge in [0, 0.05) is 23.0 Å². The zero-order valence-electron chi connectivity index (χ0n) is 5.87. The number of halogens is 1. The normalized spacial score (nSPS) is 12.2. The van der Waals surface area contributed by atoms with Gasteiger partial charge in [-0.3, -0.25) is 4.99 Å². The number of aliphatic imine (C=N–C) groups is 1. The van der Waals surface area contributed by atoms with E-state index in [0.717, 1.165) is 4.48 Å². The first kappa shape index (κ1) is 9.86. The molecule has 0 unspecified atom stereocenters. The number of hydrogen-bond acceptors (Lipinski definition) is 2. The highest BCUT2D eigenvalue weighted by molar-refractivity contribution is 9.11. The average Bonchev–Trinajstić information content (AvgIpc) is 1.99. The van der Waals surface area contributed by atoms with E-state index < -0.39 is 0 Å². The number of hydrogen-bond donors (Lipinski definition) is 0. The van der Waals surface area contributed by atoms with Crippen molar-refractivity contribution in [1.29, 1.82) is 5.26 Å². The Labute approximate surface area is 74.4 Å². The Morgan fingerprint density at radius 2 is 2.36 bits per heavy atom. The zero-order chi connectivity index (χ0) is 8.53. The van der Waals surface area contributed by atoms with Crippen LogP contribution in [0.15, 0.2) is 40.5 Å². The molecule has 11 heavy (non-hydrogen) atoms. The monoisotopic (exact) mass is 210 g/mol. The summed E-state index contributed by atoms with van der Waals surface area (Å²) >= 11 is 3.15. The molecule has 0 aromatic rings. The quantitative estimate of drug-likeness (QED) is 0.401. The summed E-state index contributed by atoms with van der Waals surface area (Å²) in [4.78, 5) is 3.72. The van der Waals surface area contributed by atoms with E-state index in [1.165, 1.54) is 12.3 Å². The van der Waals surface area contributed by atoms with Gasteiger partial charge in [-0.15, -0.1) is 0 Å². The maximum absolute atomic E-state index is 8.20. The highest BCUT2D eigenvalue weighted by Crippen LogP contribution is 2.04. The van der Waals surface area contributed by atoms with Gasteiger partial charge in [0.05, 0.1) is 6.07 Å². The van der Waals surface area contributed by atoms with Gasteiger partial charge in [0.1, 0.15) is 0 Å². The molecule has 0 radical (unpaired) electrons. The lowest BCUT2D eigenvalue weighted by atomic mass is 10.4. The predicted molar refractivity (Wildman–Crippen MR) is 50.5 cm³/mol. The van der Waals surface area contributed by atoms with E-state index in [4.69, 9.17) is 5.26 Å². The fourth-order valence-corrected chi connectivity index (χ4v) is 0.610. The summed E-state index contributed by atoms with van der Waals surface area (Å²) < 4.78 is 0.718. The van der Waals surface area contributed by atoms with Gasteiger partial charge in [-0.25, -0.2) is 0 Å². The van der Waals surface area contributed by atoms with E-state index >= 15 is 0 Å². The van der Waals surface area contributed by atoms with Crippen molar-refractivity contribution in [3.63, 3.8) is 0 Å². The zero-order valence-corrected chi connectivity index (χ0v) is 7.45. The lowest BCUT2D eigenvalue weighted by molar-refractivity contribution is 1.53. The number of nitrogens with zero attached hydrogens (tertiary/aromatic N) is 2. The molecular weight excluding hydrogens is 204 g/mol. The summed E-state index contributed by atoms with van der Waals surface area (Å²) in [5.41, 5.74) is 0. The molecule has 0 saturated carbocycles. The van der Waals surface area contributed by atoms with Crippen molar-refractivity contribution < 1.29 is 0 Å². The van der Waals surface area contributed by atoms with Gasteiger partial charge in [-0.1, -0.05) is 22.5 Å². The highest BCUT2D eigenvalue weighted by Gasteiger charge is 1.78. The predicted octanol–water partition coefficient (Wildman–Crippen LogP) is 2.56. The molecule has 0 bridgehead atoms. The summed E-state index contributed by atoms with van der Waals surface area (Å²) in [6.07, 6.45) is 7.83. The van der Waals surface area contributed by atoms with Gasteiger partial charge in [0.15, 0.2) is 0 Å². The molecule has 0 aliphatic heterocycles. The molecule has 2 nitrogen and oxygen atoms in total. The fourth-order valence-electron chi connectivity index (χ4n) is 0.355. The van der Waals surface area contributed by atoms with Crippen molar-refractivity contribution in [2.24, 2.45) is 4.99 Å². The minimum Gasteiger partial charge on any atom is -0.265 e. The third-order valence-corrected chi connectivity index (χ3v) is 1.23. The average molecular weight is 211 g/mol. The van der Waals surface area contributed by atoms with E-state index in [1.807, 2.05) is 6.07 Å². The Morgan fingerprint density at radius 3 is 2.91 bits per heavy atom. The standard InChI is InChI=1S/C8H7BrN2/c1-2-11-7-3-4-8(9)5-6-10/h2-5,7H,1H2/b4-3-,8-5-,11-7?. The topological polar surface area (TPSA) is 36.1 Å². The molecule has 0 amide bonds. The SMILES string of the molecule is C=CN=C/C=C\C(Br)=C\C#N. The van der Waals surface area contributed by atoms with Crippen molar-refractivity contribution in [3.05, 3.63) is 35.5 Å². The molecule has 0 heterocycles. The van der Waals surface area contributed by atoms with Crippen molar-refractivity contribution in [1.82, 2.24) is 0 Å². The largest absolute Gasteiger partial charge is 0.265 e. The van der Waals surface area contributed by atoms with E-state index in [2.05, 4.69) is 27.5 Å². The third-order valence-electron chi connectivity index (χ3n) is 0.735. The minimum atomic E-state index is 0.718. The van der Waals surface area contributed by atoms with Crippen LogP contribution in [0.1, 0.15) is 0 Å². The Bertz CT molecular complexity index is 243. The second-order valence-corrected chi connectivity index (χ2v) is 2.41. The van der Waals surface area contributed by atoms with Crippen LogP contribution in [-0.2, 0) is 0 Å². The molecular formula is C8H7BrN2. The maximum atomic E-state index is 8.20. The van der Waals surface area contributed by atoms with E-state index in [0.29, 0.717) is 0 Å². The second kappa shape index (κ2) is 6.97. The van der Waals surface area contributed by atoms with Gasteiger partial charge in [-0.05, 0) is 12.2 Å². The van der Waals surface area contributed by atoms with Crippen LogP contribution in [0.5, 0.6) is 0 Å². The summed E-state index contributed by atoms with van der Waals surface area (Å²) in [5, 5.41) is 8.20. The van der Waals surface area contributed by atoms with Gasteiger partial charge in [-0.2, -0.15) is 5.26 Å². The molecule has 56 valence electrons. The molecule has 0 N–H and O–H groups in total. The lowest BCUT2D eigenvalue weighted by Gasteiger charge is -1.79. The fraction of sp³-hybridized carbons (Fsp3) is 0. The third kappa shape index (κ3) is 6.75. The molecule has 0 aliphatic carbocycles. The van der Waals surface area contributed by atoms with E-state index in [9.17, 15) is 0 Å². The van der Waals surface area contributed by atoms with Crippen molar-refractivity contribution in [2.45, 2.75) is 0 Å². The van der Waals surface area contributed by atoms with Crippen LogP contribution in [0.4, 0.5) is 0 Å². The Kier molecular flexibility index (Phi) is 6.25. The van der Waals surface area contributed by atoms with Gasteiger partial charge in [0.2, 0.25) is 0 Å². The molecule has 0 rings (SSSR count). The minimum absolute atomic E-state index is 0.718. The second-order valence-electron chi connectivity index (χ2n) is 1.50. The first-order chi connectivity index (χ1) is 5.31. The highest BCUT2D eigenvalue weighted by atomic mass is 79.9. The van der Waals surface area contributed by atoms with Gasteiger partial charge in [0.25, 0.3) is 0 Å². The molecule has 0 atom stereocenters. The first-order valence-electron chi connectivity index (χ1n) is 2.87. The van der Waals surface area contributed by atoms with Gasteiger partial charge < -0.3 is 0 Å². The van der Waals surface area contributed by atoms with Crippen LogP contribution < -0.4 is 0 Å². The first-order valence-corrected chi connectivity index (χ1v) is 3.66. The van der Waals surface area contributed by atoms with E-state index in [1.54, 1.807) is 18.4 Å². The number of rotatable bonds is 3. The van der Waals surface area contributed by atoms with Crippen LogP contribution in [0, 0.1) is 11.3 Å². The van der Waals surface area contributed by atoms with Crippen molar-refractivity contribution in [3.8, 4) is 6.07 Å². The number of nitriles is 1. The summed E-state index contributed by atoms with van der Waals surface area (Å²) in [7, 11) is 0. The Morgan fingerprint density at radius 1 is 1.64 bits per heavy atom. The van der Waals surface area contributed by atoms with Crippen molar-refractivity contribution in [2.75, 3.05) is 0 Å². The molecule has 0 aromatic carbocycles. The Balaban J connectivity index is 3.95.